The van der Waals surface area contributed by atoms with Gasteiger partial charge in [0.25, 0.3) is 0 Å². The molecule has 0 aliphatic carbocycles. The van der Waals surface area contributed by atoms with Crippen molar-refractivity contribution in [2.45, 2.75) is 6.54 Å². The van der Waals surface area contributed by atoms with Crippen molar-refractivity contribution in [1.29, 1.82) is 0 Å². The van der Waals surface area contributed by atoms with Crippen LogP contribution in [0.4, 0.5) is 0 Å². The first-order valence-corrected chi connectivity index (χ1v) is 9.66. The molecule has 4 aromatic rings. The molecule has 5 heteroatoms. The summed E-state index contributed by atoms with van der Waals surface area (Å²) in [6.45, 7) is 0.608. The van der Waals surface area contributed by atoms with Gasteiger partial charge in [0.05, 0.1) is 31.5 Å². The summed E-state index contributed by atoms with van der Waals surface area (Å²) in [5.74, 6) is 1.54. The van der Waals surface area contributed by atoms with Gasteiger partial charge in [-0.05, 0) is 29.8 Å². The monoisotopic (exact) mass is 404 g/mol. The summed E-state index contributed by atoms with van der Waals surface area (Å²) < 4.78 is 12.7. The minimum absolute atomic E-state index is 0.599. The van der Waals surface area contributed by atoms with Crippen molar-refractivity contribution < 1.29 is 9.47 Å². The zero-order chi connectivity index (χ0) is 20.2. The lowest BCUT2D eigenvalue weighted by molar-refractivity contribution is 0.415. The summed E-state index contributed by atoms with van der Waals surface area (Å²) in [4.78, 5) is 0. The molecular weight excluding hydrogens is 384 g/mol. The summed E-state index contributed by atoms with van der Waals surface area (Å²) in [5.41, 5.74) is 4.58. The summed E-state index contributed by atoms with van der Waals surface area (Å²) in [6.07, 6.45) is 0. The van der Waals surface area contributed by atoms with E-state index in [0.717, 1.165) is 39.6 Å². The third kappa shape index (κ3) is 3.98. The molecule has 0 saturated carbocycles. The van der Waals surface area contributed by atoms with Crippen LogP contribution in [-0.2, 0) is 6.54 Å². The minimum atomic E-state index is 0.599. The molecule has 146 valence electrons. The standard InChI is InChI=1S/C24H21ClN2O2/c1-28-20-12-6-10-18(14-20)23-22(25)24(19-11-7-13-21(15-19)29-2)27(26-23)16-17-8-4-3-5-9-17/h3-15H,16H2,1-2H3. The van der Waals surface area contributed by atoms with Gasteiger partial charge in [0.2, 0.25) is 0 Å². The van der Waals surface area contributed by atoms with Crippen molar-refractivity contribution in [3.05, 3.63) is 89.4 Å². The maximum atomic E-state index is 6.89. The van der Waals surface area contributed by atoms with Gasteiger partial charge in [-0.25, -0.2) is 0 Å². The fourth-order valence-electron chi connectivity index (χ4n) is 3.31. The number of hydrogen-bond donors (Lipinski definition) is 0. The Bertz CT molecular complexity index is 1120. The van der Waals surface area contributed by atoms with Gasteiger partial charge in [-0.2, -0.15) is 5.10 Å². The number of nitrogens with zero attached hydrogens (tertiary/aromatic N) is 2. The molecule has 0 amide bonds. The molecule has 29 heavy (non-hydrogen) atoms. The molecule has 0 unspecified atom stereocenters. The Morgan fingerprint density at radius 3 is 2.07 bits per heavy atom. The Morgan fingerprint density at radius 1 is 0.793 bits per heavy atom. The lowest BCUT2D eigenvalue weighted by atomic mass is 10.1. The van der Waals surface area contributed by atoms with E-state index in [-0.39, 0.29) is 0 Å². The number of benzene rings is 3. The molecule has 1 aromatic heterocycles. The highest BCUT2D eigenvalue weighted by atomic mass is 35.5. The first kappa shape index (κ1) is 19.1. The normalized spacial score (nSPS) is 10.7. The van der Waals surface area contributed by atoms with E-state index >= 15 is 0 Å². The van der Waals surface area contributed by atoms with Crippen molar-refractivity contribution in [2.24, 2.45) is 0 Å². The molecule has 0 N–H and O–H groups in total. The van der Waals surface area contributed by atoms with Crippen LogP contribution in [0.15, 0.2) is 78.9 Å². The average molecular weight is 405 g/mol. The van der Waals surface area contributed by atoms with E-state index in [4.69, 9.17) is 26.2 Å². The van der Waals surface area contributed by atoms with Crippen molar-refractivity contribution in [2.75, 3.05) is 14.2 Å². The fourth-order valence-corrected chi connectivity index (χ4v) is 3.67. The predicted octanol–water partition coefficient (Wildman–Crippen LogP) is 5.94. The van der Waals surface area contributed by atoms with Crippen molar-refractivity contribution in [3.63, 3.8) is 0 Å². The molecule has 0 spiro atoms. The van der Waals surface area contributed by atoms with Gasteiger partial charge in [0, 0.05) is 11.1 Å². The van der Waals surface area contributed by atoms with Gasteiger partial charge in [-0.3, -0.25) is 4.68 Å². The van der Waals surface area contributed by atoms with E-state index in [1.807, 2.05) is 71.4 Å². The zero-order valence-electron chi connectivity index (χ0n) is 16.3. The highest BCUT2D eigenvalue weighted by molar-refractivity contribution is 6.35. The number of aromatic nitrogens is 2. The largest absolute Gasteiger partial charge is 0.497 e. The maximum absolute atomic E-state index is 6.89. The van der Waals surface area contributed by atoms with Crippen LogP contribution >= 0.6 is 11.6 Å². The SMILES string of the molecule is COc1cccc(-c2nn(Cc3ccccc3)c(-c3cccc(OC)c3)c2Cl)c1. The first-order valence-electron chi connectivity index (χ1n) is 9.28. The maximum Gasteiger partial charge on any atom is 0.119 e. The van der Waals surface area contributed by atoms with E-state index in [0.29, 0.717) is 11.6 Å². The lowest BCUT2D eigenvalue weighted by Gasteiger charge is -2.09. The Morgan fingerprint density at radius 2 is 1.41 bits per heavy atom. The summed E-state index contributed by atoms with van der Waals surface area (Å²) in [7, 11) is 3.31. The molecule has 0 fully saturated rings. The molecule has 1 heterocycles. The van der Waals surface area contributed by atoms with Crippen molar-refractivity contribution >= 4 is 11.6 Å². The van der Waals surface area contributed by atoms with E-state index in [2.05, 4.69) is 12.1 Å². The van der Waals surface area contributed by atoms with E-state index in [1.165, 1.54) is 0 Å². The van der Waals surface area contributed by atoms with E-state index in [1.54, 1.807) is 14.2 Å². The molecule has 3 aromatic carbocycles. The second-order valence-corrected chi connectivity index (χ2v) is 7.00. The Hall–Kier alpha value is -3.24. The second-order valence-electron chi connectivity index (χ2n) is 6.62. The molecule has 0 bridgehead atoms. The molecule has 0 atom stereocenters. The third-order valence-corrected chi connectivity index (χ3v) is 5.11. The topological polar surface area (TPSA) is 36.3 Å². The molecule has 0 radical (unpaired) electrons. The number of hydrogen-bond acceptors (Lipinski definition) is 3. The van der Waals surface area contributed by atoms with Gasteiger partial charge in [0.15, 0.2) is 0 Å². The Labute approximate surface area is 175 Å². The lowest BCUT2D eigenvalue weighted by Crippen LogP contribution is -2.04. The molecule has 4 nitrogen and oxygen atoms in total. The summed E-state index contributed by atoms with van der Waals surface area (Å²) >= 11 is 6.89. The van der Waals surface area contributed by atoms with Gasteiger partial charge in [0.1, 0.15) is 17.2 Å². The fraction of sp³-hybridized carbons (Fsp3) is 0.125. The average Bonchev–Trinajstić information content (AvgIpc) is 3.10. The van der Waals surface area contributed by atoms with Gasteiger partial charge in [-0.1, -0.05) is 66.2 Å². The predicted molar refractivity (Wildman–Crippen MR) is 117 cm³/mol. The smallest absolute Gasteiger partial charge is 0.119 e. The van der Waals surface area contributed by atoms with E-state index in [9.17, 15) is 0 Å². The minimum Gasteiger partial charge on any atom is -0.497 e. The van der Waals surface area contributed by atoms with Crippen LogP contribution in [0.2, 0.25) is 5.02 Å². The van der Waals surface area contributed by atoms with Crippen LogP contribution in [-0.4, -0.2) is 24.0 Å². The Balaban J connectivity index is 1.87. The second kappa shape index (κ2) is 8.41. The zero-order valence-corrected chi connectivity index (χ0v) is 17.1. The number of methoxy groups -OCH3 is 2. The molecule has 0 aliphatic rings. The van der Waals surface area contributed by atoms with Crippen molar-refractivity contribution in [3.8, 4) is 34.0 Å². The van der Waals surface area contributed by atoms with Crippen LogP contribution in [0.5, 0.6) is 11.5 Å². The molecular formula is C24H21ClN2O2. The molecule has 4 rings (SSSR count). The van der Waals surface area contributed by atoms with Crippen molar-refractivity contribution in [1.82, 2.24) is 9.78 Å². The third-order valence-electron chi connectivity index (χ3n) is 4.76. The highest BCUT2D eigenvalue weighted by Crippen LogP contribution is 2.38. The molecule has 0 aliphatic heterocycles. The Kier molecular flexibility index (Phi) is 5.54. The summed E-state index contributed by atoms with van der Waals surface area (Å²) in [5, 5.41) is 5.47. The highest BCUT2D eigenvalue weighted by Gasteiger charge is 2.20. The quantitative estimate of drug-likeness (QED) is 0.399. The number of ether oxygens (including phenoxy) is 2. The molecule has 0 saturated heterocycles. The van der Waals surface area contributed by atoms with Crippen LogP contribution < -0.4 is 9.47 Å². The van der Waals surface area contributed by atoms with E-state index < -0.39 is 0 Å². The van der Waals surface area contributed by atoms with Crippen LogP contribution in [0, 0.1) is 0 Å². The van der Waals surface area contributed by atoms with Gasteiger partial charge in [-0.15, -0.1) is 0 Å². The van der Waals surface area contributed by atoms with Crippen LogP contribution in [0.1, 0.15) is 5.56 Å². The number of rotatable bonds is 6. The van der Waals surface area contributed by atoms with Crippen LogP contribution in [0.3, 0.4) is 0 Å². The summed E-state index contributed by atoms with van der Waals surface area (Å²) in [6, 6.07) is 25.8. The first-order chi connectivity index (χ1) is 14.2. The van der Waals surface area contributed by atoms with Crippen LogP contribution in [0.25, 0.3) is 22.5 Å². The number of halogens is 1. The van der Waals surface area contributed by atoms with Gasteiger partial charge < -0.3 is 9.47 Å². The van der Waals surface area contributed by atoms with Gasteiger partial charge >= 0.3 is 0 Å².